The smallest absolute Gasteiger partial charge is 0.220 e. The average molecular weight is 377 g/mol. The summed E-state index contributed by atoms with van der Waals surface area (Å²) >= 11 is 5.99. The number of aromatic nitrogens is 2. The van der Waals surface area contributed by atoms with Crippen molar-refractivity contribution in [3.05, 3.63) is 52.3 Å². The molecule has 0 saturated heterocycles. The average Bonchev–Trinajstić information content (AvgIpc) is 2.97. The molecule has 2 aromatic rings. The van der Waals surface area contributed by atoms with Gasteiger partial charge in [0.1, 0.15) is 0 Å². The molecule has 1 atom stereocenters. The van der Waals surface area contributed by atoms with Crippen molar-refractivity contribution in [2.75, 3.05) is 20.6 Å². The largest absolute Gasteiger partial charge is 0.349 e. The highest BCUT2D eigenvalue weighted by Crippen LogP contribution is 2.20. The van der Waals surface area contributed by atoms with E-state index in [0.29, 0.717) is 17.9 Å². The molecule has 0 spiro atoms. The molecular weight excluding hydrogens is 348 g/mol. The number of nitrogens with one attached hydrogen (secondary N) is 1. The molecule has 26 heavy (non-hydrogen) atoms. The van der Waals surface area contributed by atoms with Crippen LogP contribution in [0, 0.1) is 6.92 Å². The highest BCUT2D eigenvalue weighted by atomic mass is 35.5. The summed E-state index contributed by atoms with van der Waals surface area (Å²) in [6.45, 7) is 5.80. The van der Waals surface area contributed by atoms with E-state index in [9.17, 15) is 4.79 Å². The van der Waals surface area contributed by atoms with Gasteiger partial charge in [0.2, 0.25) is 5.91 Å². The Morgan fingerprint density at radius 1 is 1.31 bits per heavy atom. The van der Waals surface area contributed by atoms with Crippen LogP contribution in [0.15, 0.2) is 30.5 Å². The Labute approximate surface area is 161 Å². The number of rotatable bonds is 9. The first-order valence-electron chi connectivity index (χ1n) is 9.11. The van der Waals surface area contributed by atoms with Crippen molar-refractivity contribution in [2.45, 2.75) is 45.7 Å². The fourth-order valence-corrected chi connectivity index (χ4v) is 3.01. The van der Waals surface area contributed by atoms with Gasteiger partial charge in [-0.15, -0.1) is 0 Å². The van der Waals surface area contributed by atoms with Crippen LogP contribution >= 0.6 is 11.6 Å². The summed E-state index contributed by atoms with van der Waals surface area (Å²) < 4.78 is 1.91. The van der Waals surface area contributed by atoms with Crippen LogP contribution in [0.3, 0.4) is 0 Å². The van der Waals surface area contributed by atoms with Gasteiger partial charge in [0.25, 0.3) is 0 Å². The lowest BCUT2D eigenvalue weighted by molar-refractivity contribution is -0.121. The number of carbonyl (C=O) groups excluding carboxylic acids is 1. The lowest BCUT2D eigenvalue weighted by Gasteiger charge is -2.21. The number of nitrogens with zero attached hydrogens (tertiary/aromatic N) is 3. The molecule has 0 aliphatic rings. The number of hydrogen-bond donors (Lipinski definition) is 1. The van der Waals surface area contributed by atoms with Gasteiger partial charge >= 0.3 is 0 Å². The first-order valence-corrected chi connectivity index (χ1v) is 9.49. The molecule has 1 N–H and O–H groups in total. The van der Waals surface area contributed by atoms with Gasteiger partial charge in [-0.2, -0.15) is 5.10 Å². The Morgan fingerprint density at radius 2 is 2.00 bits per heavy atom. The quantitative estimate of drug-likeness (QED) is 0.727. The van der Waals surface area contributed by atoms with E-state index in [1.54, 1.807) is 0 Å². The van der Waals surface area contributed by atoms with E-state index in [-0.39, 0.29) is 11.9 Å². The fourth-order valence-electron chi connectivity index (χ4n) is 2.89. The fraction of sp³-hybridized carbons (Fsp3) is 0.500. The molecule has 1 aromatic carbocycles. The summed E-state index contributed by atoms with van der Waals surface area (Å²) in [4.78, 5) is 14.6. The SMILES string of the molecule is CCn1cc(CCC(=O)NC(CCN(C)C)c2ccc(Cl)cc2)c(C)n1. The van der Waals surface area contributed by atoms with Crippen molar-refractivity contribution >= 4 is 17.5 Å². The lowest BCUT2D eigenvalue weighted by atomic mass is 10.0. The van der Waals surface area contributed by atoms with Crippen LogP contribution in [-0.2, 0) is 17.8 Å². The number of amides is 1. The Bertz CT molecular complexity index is 709. The Morgan fingerprint density at radius 3 is 2.58 bits per heavy atom. The number of hydrogen-bond acceptors (Lipinski definition) is 3. The van der Waals surface area contributed by atoms with Crippen LogP contribution in [0.2, 0.25) is 5.02 Å². The predicted octanol–water partition coefficient (Wildman–Crippen LogP) is 3.61. The Balaban J connectivity index is 1.98. The van der Waals surface area contributed by atoms with E-state index in [1.165, 1.54) is 0 Å². The van der Waals surface area contributed by atoms with Crippen LogP contribution in [0.25, 0.3) is 0 Å². The molecule has 1 aromatic heterocycles. The topological polar surface area (TPSA) is 50.2 Å². The van der Waals surface area contributed by atoms with Crippen LogP contribution in [0.4, 0.5) is 0 Å². The molecule has 0 fully saturated rings. The maximum absolute atomic E-state index is 12.5. The van der Waals surface area contributed by atoms with E-state index < -0.39 is 0 Å². The van der Waals surface area contributed by atoms with Gasteiger partial charge in [-0.05, 0) is 70.6 Å². The monoisotopic (exact) mass is 376 g/mol. The summed E-state index contributed by atoms with van der Waals surface area (Å²) in [6, 6.07) is 7.70. The van der Waals surface area contributed by atoms with Gasteiger partial charge in [-0.25, -0.2) is 0 Å². The first kappa shape index (κ1) is 20.5. The third-order valence-corrected chi connectivity index (χ3v) is 4.72. The summed E-state index contributed by atoms with van der Waals surface area (Å²) in [5.41, 5.74) is 3.22. The number of carbonyl (C=O) groups is 1. The third-order valence-electron chi connectivity index (χ3n) is 4.47. The number of halogens is 1. The molecule has 0 bridgehead atoms. The Kier molecular flexibility index (Phi) is 7.66. The summed E-state index contributed by atoms with van der Waals surface area (Å²) in [5, 5.41) is 8.33. The van der Waals surface area contributed by atoms with Crippen LogP contribution in [0.5, 0.6) is 0 Å². The zero-order chi connectivity index (χ0) is 19.1. The maximum Gasteiger partial charge on any atom is 0.220 e. The van der Waals surface area contributed by atoms with Crippen molar-refractivity contribution in [1.82, 2.24) is 20.0 Å². The molecule has 1 amide bonds. The molecule has 0 aliphatic carbocycles. The third kappa shape index (κ3) is 6.15. The second kappa shape index (κ2) is 9.74. The van der Waals surface area contributed by atoms with Gasteiger partial charge in [-0.3, -0.25) is 9.48 Å². The predicted molar refractivity (Wildman–Crippen MR) is 106 cm³/mol. The van der Waals surface area contributed by atoms with Crippen molar-refractivity contribution in [3.63, 3.8) is 0 Å². The lowest BCUT2D eigenvalue weighted by Crippen LogP contribution is -2.31. The highest BCUT2D eigenvalue weighted by molar-refractivity contribution is 6.30. The zero-order valence-electron chi connectivity index (χ0n) is 16.1. The van der Waals surface area contributed by atoms with Crippen LogP contribution in [0.1, 0.15) is 42.6 Å². The van der Waals surface area contributed by atoms with Crippen LogP contribution < -0.4 is 5.32 Å². The second-order valence-corrected chi connectivity index (χ2v) is 7.30. The van der Waals surface area contributed by atoms with E-state index in [0.717, 1.165) is 36.3 Å². The minimum absolute atomic E-state index is 0.0124. The maximum atomic E-state index is 12.5. The molecule has 1 heterocycles. The first-order chi connectivity index (χ1) is 12.4. The van der Waals surface area contributed by atoms with Crippen molar-refractivity contribution in [1.29, 1.82) is 0 Å². The van der Waals surface area contributed by atoms with Crippen molar-refractivity contribution < 1.29 is 4.79 Å². The number of benzene rings is 1. The van der Waals surface area contributed by atoms with Gasteiger partial charge in [-0.1, -0.05) is 23.7 Å². The minimum atomic E-state index is -0.0124. The summed E-state index contributed by atoms with van der Waals surface area (Å²) in [5.74, 6) is 0.0624. The van der Waals surface area contributed by atoms with E-state index in [2.05, 4.69) is 22.2 Å². The molecule has 0 radical (unpaired) electrons. The summed E-state index contributed by atoms with van der Waals surface area (Å²) in [7, 11) is 4.07. The zero-order valence-corrected chi connectivity index (χ0v) is 16.9. The van der Waals surface area contributed by atoms with Gasteiger partial charge in [0.05, 0.1) is 11.7 Å². The van der Waals surface area contributed by atoms with Gasteiger partial charge in [0.15, 0.2) is 0 Å². The second-order valence-electron chi connectivity index (χ2n) is 6.86. The molecule has 5 nitrogen and oxygen atoms in total. The number of aryl methyl sites for hydroxylation is 3. The van der Waals surface area contributed by atoms with Gasteiger partial charge < -0.3 is 10.2 Å². The minimum Gasteiger partial charge on any atom is -0.349 e. The van der Waals surface area contributed by atoms with E-state index >= 15 is 0 Å². The molecular formula is C20H29ClN4O. The molecule has 0 saturated carbocycles. The Hall–Kier alpha value is -1.85. The van der Waals surface area contributed by atoms with Gasteiger partial charge in [0, 0.05) is 24.2 Å². The van der Waals surface area contributed by atoms with E-state index in [4.69, 9.17) is 11.6 Å². The van der Waals surface area contributed by atoms with Crippen LogP contribution in [-0.4, -0.2) is 41.2 Å². The molecule has 1 unspecified atom stereocenters. The van der Waals surface area contributed by atoms with Crippen molar-refractivity contribution in [3.8, 4) is 0 Å². The molecule has 6 heteroatoms. The highest BCUT2D eigenvalue weighted by Gasteiger charge is 2.16. The standard InChI is InChI=1S/C20H29ClN4O/c1-5-25-14-17(15(2)23-25)8-11-20(26)22-19(12-13-24(3)4)16-6-9-18(21)10-7-16/h6-7,9-10,14,19H,5,8,11-13H2,1-4H3,(H,22,26). The normalized spacial score (nSPS) is 12.4. The molecule has 142 valence electrons. The molecule has 2 rings (SSSR count). The van der Waals surface area contributed by atoms with E-state index in [1.807, 2.05) is 56.2 Å². The summed E-state index contributed by atoms with van der Waals surface area (Å²) in [6.07, 6.45) is 4.06. The molecule has 0 aliphatic heterocycles. The van der Waals surface area contributed by atoms with Crippen molar-refractivity contribution in [2.24, 2.45) is 0 Å².